The van der Waals surface area contributed by atoms with Crippen molar-refractivity contribution in [1.29, 1.82) is 0 Å². The van der Waals surface area contributed by atoms with Crippen LogP contribution in [0, 0.1) is 6.92 Å². The molecule has 0 saturated carbocycles. The molecule has 0 aliphatic rings. The zero-order valence-electron chi connectivity index (χ0n) is 15.5. The van der Waals surface area contributed by atoms with Crippen LogP contribution in [-0.2, 0) is 0 Å². The smallest absolute Gasteiger partial charge is 0.273 e. The van der Waals surface area contributed by atoms with Crippen molar-refractivity contribution in [2.75, 3.05) is 30.4 Å². The third kappa shape index (κ3) is 4.60. The second-order valence-corrected chi connectivity index (χ2v) is 6.23. The van der Waals surface area contributed by atoms with E-state index in [1.807, 2.05) is 53.9 Å². The van der Waals surface area contributed by atoms with E-state index in [1.165, 1.54) is 0 Å². The molecule has 1 aromatic heterocycles. The van der Waals surface area contributed by atoms with Crippen molar-refractivity contribution in [3.05, 3.63) is 41.7 Å². The summed E-state index contributed by atoms with van der Waals surface area (Å²) in [6.45, 7) is 6.79. The lowest BCUT2D eigenvalue weighted by Crippen LogP contribution is -2.22. The van der Waals surface area contributed by atoms with Gasteiger partial charge in [-0.05, 0) is 50.1 Å². The van der Waals surface area contributed by atoms with Crippen LogP contribution < -0.4 is 10.2 Å². The highest BCUT2D eigenvalue weighted by atomic mass is 16.3. The summed E-state index contributed by atoms with van der Waals surface area (Å²) in [6, 6.07) is 9.64. The summed E-state index contributed by atoms with van der Waals surface area (Å²) in [5.74, 6) is -0.149. The Bertz CT molecular complexity index is 690. The fourth-order valence-corrected chi connectivity index (χ4v) is 2.87. The average molecular weight is 344 g/mol. The van der Waals surface area contributed by atoms with Crippen LogP contribution in [-0.4, -0.2) is 41.0 Å². The van der Waals surface area contributed by atoms with Gasteiger partial charge in [-0.15, -0.1) is 0 Å². The molecule has 0 unspecified atom stereocenters. The maximum atomic E-state index is 12.7. The summed E-state index contributed by atoms with van der Waals surface area (Å²) in [5.41, 5.74) is 3.16. The fourth-order valence-electron chi connectivity index (χ4n) is 2.87. The summed E-state index contributed by atoms with van der Waals surface area (Å²) in [4.78, 5) is 14.6. The molecule has 0 atom stereocenters. The highest BCUT2D eigenvalue weighted by molar-refractivity contribution is 6.03. The monoisotopic (exact) mass is 344 g/mol. The predicted molar refractivity (Wildman–Crippen MR) is 101 cm³/mol. The SMILES string of the molecule is CCC(CC)n1nc(C)cc1C(=O)Nc1ccc(N(C)CCO)cc1. The van der Waals surface area contributed by atoms with Crippen molar-refractivity contribution in [2.45, 2.75) is 39.7 Å². The molecule has 2 N–H and O–H groups in total. The van der Waals surface area contributed by atoms with Gasteiger partial charge in [-0.1, -0.05) is 13.8 Å². The quantitative estimate of drug-likeness (QED) is 0.771. The largest absolute Gasteiger partial charge is 0.395 e. The van der Waals surface area contributed by atoms with E-state index in [2.05, 4.69) is 24.3 Å². The van der Waals surface area contributed by atoms with Gasteiger partial charge < -0.3 is 15.3 Å². The second kappa shape index (κ2) is 8.67. The van der Waals surface area contributed by atoms with Crippen molar-refractivity contribution >= 4 is 17.3 Å². The van der Waals surface area contributed by atoms with Crippen LogP contribution in [0.1, 0.15) is 48.9 Å². The normalized spacial score (nSPS) is 11.0. The summed E-state index contributed by atoms with van der Waals surface area (Å²) in [5, 5.41) is 16.4. The molecule has 1 amide bonds. The highest BCUT2D eigenvalue weighted by Crippen LogP contribution is 2.21. The minimum atomic E-state index is -0.149. The number of hydrogen-bond donors (Lipinski definition) is 2. The molecule has 0 radical (unpaired) electrons. The van der Waals surface area contributed by atoms with Crippen LogP contribution in [0.15, 0.2) is 30.3 Å². The van der Waals surface area contributed by atoms with Crippen molar-refractivity contribution in [3.63, 3.8) is 0 Å². The van der Waals surface area contributed by atoms with Gasteiger partial charge in [0, 0.05) is 25.0 Å². The molecule has 1 heterocycles. The Morgan fingerprint density at radius 2 is 1.92 bits per heavy atom. The first-order chi connectivity index (χ1) is 12.0. The number of hydrogen-bond acceptors (Lipinski definition) is 4. The number of nitrogens with one attached hydrogen (secondary N) is 1. The van der Waals surface area contributed by atoms with E-state index in [-0.39, 0.29) is 18.6 Å². The number of carbonyl (C=O) groups excluding carboxylic acids is 1. The van der Waals surface area contributed by atoms with Gasteiger partial charge in [0.05, 0.1) is 18.3 Å². The van der Waals surface area contributed by atoms with Crippen molar-refractivity contribution in [2.24, 2.45) is 0 Å². The Hall–Kier alpha value is -2.34. The Labute approximate surface area is 149 Å². The van der Waals surface area contributed by atoms with Crippen LogP contribution in [0.4, 0.5) is 11.4 Å². The number of carbonyl (C=O) groups is 1. The first-order valence-corrected chi connectivity index (χ1v) is 8.79. The van der Waals surface area contributed by atoms with Crippen LogP contribution in [0.25, 0.3) is 0 Å². The lowest BCUT2D eigenvalue weighted by molar-refractivity contribution is 0.101. The molecule has 0 fully saturated rings. The number of aliphatic hydroxyl groups is 1. The molecule has 136 valence electrons. The Morgan fingerprint density at radius 3 is 2.48 bits per heavy atom. The summed E-state index contributed by atoms with van der Waals surface area (Å²) < 4.78 is 1.84. The van der Waals surface area contributed by atoms with Crippen molar-refractivity contribution in [1.82, 2.24) is 9.78 Å². The summed E-state index contributed by atoms with van der Waals surface area (Å²) in [7, 11) is 1.92. The molecule has 6 nitrogen and oxygen atoms in total. The van der Waals surface area contributed by atoms with Crippen molar-refractivity contribution in [3.8, 4) is 0 Å². The van der Waals surface area contributed by atoms with E-state index in [0.717, 1.165) is 29.9 Å². The molecular weight excluding hydrogens is 316 g/mol. The lowest BCUT2D eigenvalue weighted by atomic mass is 10.1. The highest BCUT2D eigenvalue weighted by Gasteiger charge is 2.19. The molecule has 6 heteroatoms. The zero-order valence-corrected chi connectivity index (χ0v) is 15.5. The van der Waals surface area contributed by atoms with Gasteiger partial charge in [0.15, 0.2) is 0 Å². The van der Waals surface area contributed by atoms with E-state index in [9.17, 15) is 4.79 Å². The molecule has 2 rings (SSSR count). The minimum absolute atomic E-state index is 0.106. The number of aromatic nitrogens is 2. The van der Waals surface area contributed by atoms with Crippen molar-refractivity contribution < 1.29 is 9.90 Å². The molecule has 1 aromatic carbocycles. The van der Waals surface area contributed by atoms with Gasteiger partial charge in [0.2, 0.25) is 0 Å². The Balaban J connectivity index is 2.15. The minimum Gasteiger partial charge on any atom is -0.395 e. The number of anilines is 2. The number of rotatable bonds is 8. The maximum Gasteiger partial charge on any atom is 0.273 e. The van der Waals surface area contributed by atoms with Crippen LogP contribution >= 0.6 is 0 Å². The second-order valence-electron chi connectivity index (χ2n) is 6.23. The molecule has 2 aromatic rings. The van der Waals surface area contributed by atoms with E-state index < -0.39 is 0 Å². The summed E-state index contributed by atoms with van der Waals surface area (Å²) >= 11 is 0. The molecule has 0 spiro atoms. The third-order valence-electron chi connectivity index (χ3n) is 4.38. The van der Waals surface area contributed by atoms with E-state index in [1.54, 1.807) is 0 Å². The Morgan fingerprint density at radius 1 is 1.28 bits per heavy atom. The first kappa shape index (κ1) is 19.0. The average Bonchev–Trinajstić information content (AvgIpc) is 2.98. The topological polar surface area (TPSA) is 70.4 Å². The predicted octanol–water partition coefficient (Wildman–Crippen LogP) is 3.23. The lowest BCUT2D eigenvalue weighted by Gasteiger charge is -2.18. The van der Waals surface area contributed by atoms with Crippen LogP contribution in [0.2, 0.25) is 0 Å². The standard InChI is InChI=1S/C19H28N4O2/c1-5-16(6-2)23-18(13-14(3)21-23)19(25)20-15-7-9-17(10-8-15)22(4)11-12-24/h7-10,13,16,24H,5-6,11-12H2,1-4H3,(H,20,25). The number of amides is 1. The fraction of sp³-hybridized carbons (Fsp3) is 0.474. The molecule has 0 bridgehead atoms. The Kier molecular flexibility index (Phi) is 6.58. The van der Waals surface area contributed by atoms with Gasteiger partial charge in [0.1, 0.15) is 5.69 Å². The van der Waals surface area contributed by atoms with Gasteiger partial charge in [0.25, 0.3) is 5.91 Å². The molecule has 0 saturated heterocycles. The number of aryl methyl sites for hydroxylation is 1. The number of benzene rings is 1. The van der Waals surface area contributed by atoms with Crippen LogP contribution in [0.3, 0.4) is 0 Å². The van der Waals surface area contributed by atoms with Gasteiger partial charge in [-0.2, -0.15) is 5.10 Å². The number of likely N-dealkylation sites (N-methyl/N-ethyl adjacent to an activating group) is 1. The van der Waals surface area contributed by atoms with Crippen LogP contribution in [0.5, 0.6) is 0 Å². The van der Waals surface area contributed by atoms with E-state index in [0.29, 0.717) is 12.2 Å². The molecule has 0 aliphatic carbocycles. The van der Waals surface area contributed by atoms with Gasteiger partial charge >= 0.3 is 0 Å². The molecule has 0 aliphatic heterocycles. The van der Waals surface area contributed by atoms with E-state index >= 15 is 0 Å². The van der Waals surface area contributed by atoms with Gasteiger partial charge in [-0.3, -0.25) is 9.48 Å². The maximum absolute atomic E-state index is 12.7. The first-order valence-electron chi connectivity index (χ1n) is 8.79. The van der Waals surface area contributed by atoms with Gasteiger partial charge in [-0.25, -0.2) is 0 Å². The summed E-state index contributed by atoms with van der Waals surface area (Å²) in [6.07, 6.45) is 1.87. The molecule has 25 heavy (non-hydrogen) atoms. The third-order valence-corrected chi connectivity index (χ3v) is 4.38. The number of aliphatic hydroxyl groups excluding tert-OH is 1. The number of nitrogens with zero attached hydrogens (tertiary/aromatic N) is 3. The van der Waals surface area contributed by atoms with E-state index in [4.69, 9.17) is 5.11 Å². The zero-order chi connectivity index (χ0) is 18.4. The molecular formula is C19H28N4O2.